The Labute approximate surface area is 149 Å². The predicted molar refractivity (Wildman–Crippen MR) is 93.5 cm³/mol. The van der Waals surface area contributed by atoms with Gasteiger partial charge in [0.15, 0.2) is 5.78 Å². The van der Waals surface area contributed by atoms with Gasteiger partial charge in [-0.2, -0.15) is 0 Å². The van der Waals surface area contributed by atoms with Crippen molar-refractivity contribution >= 4 is 33.7 Å². The maximum absolute atomic E-state index is 12.8. The molecule has 128 valence electrons. The number of nitrogens with zero attached hydrogens (tertiary/aromatic N) is 1. The van der Waals surface area contributed by atoms with Crippen LogP contribution in [0.25, 0.3) is 0 Å². The quantitative estimate of drug-likeness (QED) is 0.799. The lowest BCUT2D eigenvalue weighted by Crippen LogP contribution is -2.46. The Hall–Kier alpha value is -1.69. The van der Waals surface area contributed by atoms with Crippen LogP contribution < -0.4 is 5.32 Å². The maximum atomic E-state index is 12.8. The first-order valence-electron chi connectivity index (χ1n) is 8.40. The van der Waals surface area contributed by atoms with Gasteiger partial charge in [-0.05, 0) is 30.5 Å². The topological polar surface area (TPSA) is 66.5 Å². The fourth-order valence-corrected chi connectivity index (χ4v) is 3.82. The summed E-state index contributed by atoms with van der Waals surface area (Å²) in [6.45, 7) is -0.150. The molecule has 0 atom stereocenters. The molecule has 1 aliphatic heterocycles. The van der Waals surface area contributed by atoms with Crippen molar-refractivity contribution in [2.75, 3.05) is 6.54 Å². The highest BCUT2D eigenvalue weighted by Gasteiger charge is 2.50. The SMILES string of the molecule is O=C(Cc1ccc(Br)cc1)CN1C(=O)NC2(CCCCCC2)C1=O. The number of amides is 3. The zero-order chi connectivity index (χ0) is 17.2. The van der Waals surface area contributed by atoms with Crippen molar-refractivity contribution in [3.63, 3.8) is 0 Å². The lowest BCUT2D eigenvalue weighted by Gasteiger charge is -2.24. The summed E-state index contributed by atoms with van der Waals surface area (Å²) in [6, 6.07) is 7.04. The van der Waals surface area contributed by atoms with Crippen LogP contribution in [-0.2, 0) is 16.0 Å². The van der Waals surface area contributed by atoms with E-state index in [1.807, 2.05) is 24.3 Å². The maximum Gasteiger partial charge on any atom is 0.325 e. The molecule has 6 heteroatoms. The van der Waals surface area contributed by atoms with Gasteiger partial charge in [-0.15, -0.1) is 0 Å². The summed E-state index contributed by atoms with van der Waals surface area (Å²) in [7, 11) is 0. The van der Waals surface area contributed by atoms with E-state index in [9.17, 15) is 14.4 Å². The summed E-state index contributed by atoms with van der Waals surface area (Å²) in [5.41, 5.74) is 0.102. The number of imide groups is 1. The van der Waals surface area contributed by atoms with E-state index < -0.39 is 11.6 Å². The molecule has 1 saturated heterocycles. The molecule has 2 aliphatic rings. The van der Waals surface area contributed by atoms with E-state index in [0.29, 0.717) is 12.8 Å². The fraction of sp³-hybridized carbons (Fsp3) is 0.500. The van der Waals surface area contributed by atoms with Gasteiger partial charge < -0.3 is 5.32 Å². The first-order valence-corrected chi connectivity index (χ1v) is 9.20. The molecule has 0 unspecified atom stereocenters. The zero-order valence-electron chi connectivity index (χ0n) is 13.5. The third-order valence-electron chi connectivity index (χ3n) is 4.85. The number of carbonyl (C=O) groups is 3. The minimum atomic E-state index is -0.772. The minimum absolute atomic E-state index is 0.133. The Balaban J connectivity index is 1.66. The molecular weight excluding hydrogens is 372 g/mol. The lowest BCUT2D eigenvalue weighted by molar-refractivity contribution is -0.134. The van der Waals surface area contributed by atoms with Crippen LogP contribution in [0.15, 0.2) is 28.7 Å². The molecule has 1 spiro atoms. The Kier molecular flexibility index (Phi) is 5.04. The lowest BCUT2D eigenvalue weighted by atomic mass is 9.90. The second-order valence-corrected chi connectivity index (χ2v) is 7.58. The molecule has 1 aromatic rings. The minimum Gasteiger partial charge on any atom is -0.323 e. The van der Waals surface area contributed by atoms with E-state index in [4.69, 9.17) is 0 Å². The normalized spacial score (nSPS) is 20.1. The van der Waals surface area contributed by atoms with Gasteiger partial charge in [0.05, 0.1) is 6.54 Å². The van der Waals surface area contributed by atoms with E-state index >= 15 is 0 Å². The molecule has 1 heterocycles. The third kappa shape index (κ3) is 3.53. The molecule has 0 radical (unpaired) electrons. The van der Waals surface area contributed by atoms with Gasteiger partial charge in [0, 0.05) is 10.9 Å². The van der Waals surface area contributed by atoms with Crippen LogP contribution in [0.3, 0.4) is 0 Å². The first kappa shape index (κ1) is 17.1. The number of halogens is 1. The van der Waals surface area contributed by atoms with E-state index in [1.54, 1.807) is 0 Å². The Morgan fingerprint density at radius 2 is 1.71 bits per heavy atom. The van der Waals surface area contributed by atoms with Crippen LogP contribution in [0.2, 0.25) is 0 Å². The van der Waals surface area contributed by atoms with Crippen LogP contribution in [0.4, 0.5) is 4.79 Å². The highest BCUT2D eigenvalue weighted by atomic mass is 79.9. The third-order valence-corrected chi connectivity index (χ3v) is 5.38. The number of hydrogen-bond donors (Lipinski definition) is 1. The molecule has 1 aliphatic carbocycles. The van der Waals surface area contributed by atoms with E-state index in [-0.39, 0.29) is 24.7 Å². The van der Waals surface area contributed by atoms with Gasteiger partial charge >= 0.3 is 6.03 Å². The van der Waals surface area contributed by atoms with Crippen molar-refractivity contribution in [1.29, 1.82) is 0 Å². The van der Waals surface area contributed by atoms with Crippen molar-refractivity contribution < 1.29 is 14.4 Å². The van der Waals surface area contributed by atoms with Gasteiger partial charge in [0.2, 0.25) is 0 Å². The monoisotopic (exact) mass is 392 g/mol. The van der Waals surface area contributed by atoms with Gasteiger partial charge in [-0.1, -0.05) is 53.7 Å². The van der Waals surface area contributed by atoms with Gasteiger partial charge in [0.25, 0.3) is 5.91 Å². The summed E-state index contributed by atoms with van der Waals surface area (Å²) in [6.07, 6.45) is 5.63. The van der Waals surface area contributed by atoms with E-state index in [1.165, 1.54) is 0 Å². The van der Waals surface area contributed by atoms with Crippen LogP contribution in [-0.4, -0.2) is 34.7 Å². The molecular formula is C18H21BrN2O3. The van der Waals surface area contributed by atoms with E-state index in [2.05, 4.69) is 21.2 Å². The molecule has 0 aromatic heterocycles. The predicted octanol–water partition coefficient (Wildman–Crippen LogP) is 3.21. The standard InChI is InChI=1S/C18H21BrN2O3/c19-14-7-5-13(6-8-14)11-15(22)12-21-16(23)18(20-17(21)24)9-3-1-2-4-10-18/h5-8H,1-4,9-12H2,(H,20,24). The van der Waals surface area contributed by atoms with Crippen LogP contribution >= 0.6 is 15.9 Å². The zero-order valence-corrected chi connectivity index (χ0v) is 15.1. The number of rotatable bonds is 4. The summed E-state index contributed by atoms with van der Waals surface area (Å²) >= 11 is 3.35. The second-order valence-electron chi connectivity index (χ2n) is 6.66. The first-order chi connectivity index (χ1) is 11.5. The van der Waals surface area contributed by atoms with Crippen molar-refractivity contribution in [3.8, 4) is 0 Å². The van der Waals surface area contributed by atoms with Crippen LogP contribution in [0.1, 0.15) is 44.1 Å². The molecule has 0 bridgehead atoms. The number of ketones is 1. The van der Waals surface area contributed by atoms with Crippen LogP contribution in [0.5, 0.6) is 0 Å². The summed E-state index contributed by atoms with van der Waals surface area (Å²) in [4.78, 5) is 38.4. The van der Waals surface area contributed by atoms with Gasteiger partial charge in [-0.3, -0.25) is 14.5 Å². The Bertz CT molecular complexity index is 649. The van der Waals surface area contributed by atoms with Crippen LogP contribution in [0, 0.1) is 0 Å². The Morgan fingerprint density at radius 1 is 1.08 bits per heavy atom. The fourth-order valence-electron chi connectivity index (χ4n) is 3.55. The molecule has 2 fully saturated rings. The average molecular weight is 393 g/mol. The number of benzene rings is 1. The summed E-state index contributed by atoms with van der Waals surface area (Å²) in [5.74, 6) is -0.356. The van der Waals surface area contributed by atoms with Crippen molar-refractivity contribution in [2.24, 2.45) is 0 Å². The molecule has 24 heavy (non-hydrogen) atoms. The molecule has 3 rings (SSSR count). The number of hydrogen-bond acceptors (Lipinski definition) is 3. The number of carbonyl (C=O) groups excluding carboxylic acids is 3. The summed E-state index contributed by atoms with van der Waals surface area (Å²) < 4.78 is 0.947. The highest BCUT2D eigenvalue weighted by molar-refractivity contribution is 9.10. The summed E-state index contributed by atoms with van der Waals surface area (Å²) in [5, 5.41) is 2.86. The molecule has 5 nitrogen and oxygen atoms in total. The van der Waals surface area contributed by atoms with Crippen molar-refractivity contribution in [3.05, 3.63) is 34.3 Å². The highest BCUT2D eigenvalue weighted by Crippen LogP contribution is 2.32. The number of urea groups is 1. The second kappa shape index (κ2) is 7.05. The Morgan fingerprint density at radius 3 is 2.33 bits per heavy atom. The largest absolute Gasteiger partial charge is 0.325 e. The van der Waals surface area contributed by atoms with Gasteiger partial charge in [0.1, 0.15) is 5.54 Å². The van der Waals surface area contributed by atoms with E-state index in [0.717, 1.165) is 40.6 Å². The number of nitrogens with one attached hydrogen (secondary N) is 1. The average Bonchev–Trinajstić information content (AvgIpc) is 2.73. The molecule has 1 N–H and O–H groups in total. The van der Waals surface area contributed by atoms with Crippen molar-refractivity contribution in [1.82, 2.24) is 10.2 Å². The van der Waals surface area contributed by atoms with Gasteiger partial charge in [-0.25, -0.2) is 4.79 Å². The molecule has 3 amide bonds. The number of Topliss-reactive ketones (excluding diaryl/α,β-unsaturated/α-hetero) is 1. The molecule has 1 saturated carbocycles. The van der Waals surface area contributed by atoms with Crippen molar-refractivity contribution in [2.45, 2.75) is 50.5 Å². The smallest absolute Gasteiger partial charge is 0.323 e. The molecule has 1 aromatic carbocycles.